The molecule has 2 bridgehead atoms. The molecule has 2 saturated heterocycles. The van der Waals surface area contributed by atoms with E-state index in [1.807, 2.05) is 24.0 Å². The van der Waals surface area contributed by atoms with Crippen LogP contribution < -0.4 is 5.73 Å². The van der Waals surface area contributed by atoms with Gasteiger partial charge in [-0.15, -0.1) is 0 Å². The largest absolute Gasteiger partial charge is 0.399 e. The minimum Gasteiger partial charge on any atom is -0.399 e. The van der Waals surface area contributed by atoms with Gasteiger partial charge in [0.15, 0.2) is 0 Å². The molecule has 0 saturated carbocycles. The second kappa shape index (κ2) is 5.60. The van der Waals surface area contributed by atoms with Crippen LogP contribution in [0.4, 0.5) is 5.69 Å². The van der Waals surface area contributed by atoms with Crippen LogP contribution in [0.15, 0.2) is 41.4 Å². The Labute approximate surface area is 142 Å². The summed E-state index contributed by atoms with van der Waals surface area (Å²) >= 11 is 0. The van der Waals surface area contributed by atoms with Gasteiger partial charge in [-0.1, -0.05) is 6.07 Å². The van der Waals surface area contributed by atoms with Gasteiger partial charge in [-0.2, -0.15) is 9.40 Å². The second-order valence-corrected chi connectivity index (χ2v) is 8.68. The Kier molecular flexibility index (Phi) is 3.65. The van der Waals surface area contributed by atoms with Crippen LogP contribution in [0.5, 0.6) is 0 Å². The number of rotatable bonds is 3. The van der Waals surface area contributed by atoms with Gasteiger partial charge in [0.25, 0.3) is 0 Å². The summed E-state index contributed by atoms with van der Waals surface area (Å²) in [4.78, 5) is 0.304. The highest BCUT2D eigenvalue weighted by Gasteiger charge is 2.47. The molecule has 0 spiro atoms. The van der Waals surface area contributed by atoms with Crippen molar-refractivity contribution < 1.29 is 8.42 Å². The van der Waals surface area contributed by atoms with Crippen molar-refractivity contribution in [1.29, 1.82) is 0 Å². The van der Waals surface area contributed by atoms with Crippen molar-refractivity contribution in [2.75, 3.05) is 5.73 Å². The van der Waals surface area contributed by atoms with Crippen LogP contribution in [-0.4, -0.2) is 34.6 Å². The number of hydrogen-bond donors (Lipinski definition) is 1. The first-order valence-electron chi connectivity index (χ1n) is 8.34. The SMILES string of the molecule is Cn1nccc1C1CC2CCC(C1)N2S(=O)(=O)c1cccc(N)c1. The Bertz CT molecular complexity index is 847. The number of nitrogens with two attached hydrogens (primary N) is 1. The Morgan fingerprint density at radius 2 is 1.88 bits per heavy atom. The number of fused-ring (bicyclic) bond motifs is 2. The van der Waals surface area contributed by atoms with Crippen molar-refractivity contribution in [3.05, 3.63) is 42.2 Å². The van der Waals surface area contributed by atoms with Gasteiger partial charge in [0, 0.05) is 42.6 Å². The number of benzene rings is 1. The molecule has 2 N–H and O–H groups in total. The maximum absolute atomic E-state index is 13.1. The molecule has 6 nitrogen and oxygen atoms in total. The Morgan fingerprint density at radius 1 is 1.17 bits per heavy atom. The first-order valence-corrected chi connectivity index (χ1v) is 9.78. The molecule has 7 heteroatoms. The molecule has 4 rings (SSSR count). The molecule has 2 unspecified atom stereocenters. The van der Waals surface area contributed by atoms with Crippen LogP contribution >= 0.6 is 0 Å². The van der Waals surface area contributed by atoms with Crippen LogP contribution in [0.1, 0.15) is 37.3 Å². The predicted octanol–water partition coefficient (Wildman–Crippen LogP) is 2.10. The summed E-state index contributed by atoms with van der Waals surface area (Å²) in [6, 6.07) is 8.78. The predicted molar refractivity (Wildman–Crippen MR) is 91.9 cm³/mol. The average molecular weight is 346 g/mol. The zero-order valence-corrected chi connectivity index (χ0v) is 14.5. The summed E-state index contributed by atoms with van der Waals surface area (Å²) < 4.78 is 29.9. The first kappa shape index (κ1) is 15.7. The summed E-state index contributed by atoms with van der Waals surface area (Å²) in [6.45, 7) is 0. The maximum Gasteiger partial charge on any atom is 0.243 e. The number of aromatic nitrogens is 2. The highest BCUT2D eigenvalue weighted by Crippen LogP contribution is 2.45. The Balaban J connectivity index is 1.64. The number of sulfonamides is 1. The first-order chi connectivity index (χ1) is 11.5. The Morgan fingerprint density at radius 3 is 2.46 bits per heavy atom. The van der Waals surface area contributed by atoms with Crippen molar-refractivity contribution in [2.45, 2.75) is 48.6 Å². The zero-order chi connectivity index (χ0) is 16.9. The molecule has 0 amide bonds. The van der Waals surface area contributed by atoms with E-state index in [9.17, 15) is 8.42 Å². The number of anilines is 1. The number of nitrogen functional groups attached to an aromatic ring is 1. The maximum atomic E-state index is 13.1. The second-order valence-electron chi connectivity index (χ2n) is 6.84. The third-order valence-corrected chi connectivity index (χ3v) is 7.38. The average Bonchev–Trinajstić information content (AvgIpc) is 3.09. The molecule has 2 aliphatic rings. The smallest absolute Gasteiger partial charge is 0.243 e. The van der Waals surface area contributed by atoms with Crippen molar-refractivity contribution in [1.82, 2.24) is 14.1 Å². The Hall–Kier alpha value is -1.86. The fraction of sp³-hybridized carbons (Fsp3) is 0.471. The van der Waals surface area contributed by atoms with Gasteiger partial charge in [0.05, 0.1) is 4.90 Å². The molecular formula is C17H22N4O2S. The minimum atomic E-state index is -3.49. The molecular weight excluding hydrogens is 324 g/mol. The van der Waals surface area contributed by atoms with E-state index < -0.39 is 10.0 Å². The third kappa shape index (κ3) is 2.43. The lowest BCUT2D eigenvalue weighted by Crippen LogP contribution is -2.46. The number of nitrogens with zero attached hydrogens (tertiary/aromatic N) is 3. The zero-order valence-electron chi connectivity index (χ0n) is 13.7. The molecule has 2 aromatic rings. The van der Waals surface area contributed by atoms with Crippen molar-refractivity contribution in [2.24, 2.45) is 7.05 Å². The van der Waals surface area contributed by atoms with Crippen LogP contribution in [0.25, 0.3) is 0 Å². The number of aryl methyl sites for hydroxylation is 1. The van der Waals surface area contributed by atoms with E-state index >= 15 is 0 Å². The van der Waals surface area contributed by atoms with Gasteiger partial charge < -0.3 is 5.73 Å². The van der Waals surface area contributed by atoms with Gasteiger partial charge >= 0.3 is 0 Å². The lowest BCUT2D eigenvalue weighted by atomic mass is 9.89. The number of piperidine rings is 1. The van der Waals surface area contributed by atoms with Crippen molar-refractivity contribution in [3.8, 4) is 0 Å². The summed E-state index contributed by atoms with van der Waals surface area (Å²) in [5.41, 5.74) is 7.46. The molecule has 2 atom stereocenters. The molecule has 0 radical (unpaired) electrons. The molecule has 24 heavy (non-hydrogen) atoms. The summed E-state index contributed by atoms with van der Waals surface area (Å²) in [5, 5.41) is 4.26. The van der Waals surface area contributed by atoms with Gasteiger partial charge in [-0.3, -0.25) is 4.68 Å². The van der Waals surface area contributed by atoms with Crippen LogP contribution in [-0.2, 0) is 17.1 Å². The quantitative estimate of drug-likeness (QED) is 0.863. The highest BCUT2D eigenvalue weighted by atomic mass is 32.2. The van der Waals surface area contributed by atoms with Gasteiger partial charge in [-0.25, -0.2) is 8.42 Å². The molecule has 1 aromatic heterocycles. The monoisotopic (exact) mass is 346 g/mol. The molecule has 0 aliphatic carbocycles. The van der Waals surface area contributed by atoms with Crippen molar-refractivity contribution in [3.63, 3.8) is 0 Å². The summed E-state index contributed by atoms with van der Waals surface area (Å²) in [7, 11) is -1.54. The van der Waals surface area contributed by atoms with Gasteiger partial charge in [0.2, 0.25) is 10.0 Å². The summed E-state index contributed by atoms with van der Waals surface area (Å²) in [5.74, 6) is 0.377. The van der Waals surface area contributed by atoms with Crippen molar-refractivity contribution >= 4 is 15.7 Å². The standard InChI is InChI=1S/C17H22N4O2S/c1-20-17(7-8-19-20)12-9-14-5-6-15(10-12)21(14)24(22,23)16-4-2-3-13(18)11-16/h2-4,7-8,11-12,14-15H,5-6,9-10,18H2,1H3. The lowest BCUT2D eigenvalue weighted by molar-refractivity contribution is 0.222. The molecule has 2 aliphatic heterocycles. The normalized spacial score (nSPS) is 27.5. The molecule has 2 fully saturated rings. The van der Waals surface area contributed by atoms with Crippen LogP contribution in [0.3, 0.4) is 0 Å². The molecule has 128 valence electrons. The molecule has 3 heterocycles. The van der Waals surface area contributed by atoms with Gasteiger partial charge in [0.1, 0.15) is 0 Å². The van der Waals surface area contributed by atoms with E-state index in [1.54, 1.807) is 28.6 Å². The summed E-state index contributed by atoms with van der Waals surface area (Å²) in [6.07, 6.45) is 5.39. The van der Waals surface area contributed by atoms with E-state index in [1.165, 1.54) is 5.69 Å². The topological polar surface area (TPSA) is 81.2 Å². The van der Waals surface area contributed by atoms with Crippen LogP contribution in [0.2, 0.25) is 0 Å². The fourth-order valence-electron chi connectivity index (χ4n) is 4.35. The fourth-order valence-corrected chi connectivity index (χ4v) is 6.30. The molecule has 1 aromatic carbocycles. The van der Waals surface area contributed by atoms with Crippen LogP contribution in [0, 0.1) is 0 Å². The lowest BCUT2D eigenvalue weighted by Gasteiger charge is -2.38. The third-order valence-electron chi connectivity index (χ3n) is 5.38. The highest BCUT2D eigenvalue weighted by molar-refractivity contribution is 7.89. The number of hydrogen-bond acceptors (Lipinski definition) is 4. The van der Waals surface area contributed by atoms with E-state index in [-0.39, 0.29) is 12.1 Å². The van der Waals surface area contributed by atoms with E-state index in [0.29, 0.717) is 16.5 Å². The van der Waals surface area contributed by atoms with Gasteiger partial charge in [-0.05, 0) is 49.9 Å². The van der Waals surface area contributed by atoms with E-state index in [2.05, 4.69) is 5.10 Å². The minimum absolute atomic E-state index is 0.0649. The van der Waals surface area contributed by atoms with E-state index in [4.69, 9.17) is 5.73 Å². The van der Waals surface area contributed by atoms with E-state index in [0.717, 1.165) is 25.7 Å².